The highest BCUT2D eigenvalue weighted by Gasteiger charge is 2.33. The van der Waals surface area contributed by atoms with E-state index >= 15 is 0 Å². The highest BCUT2D eigenvalue weighted by Crippen LogP contribution is 2.40. The zero-order chi connectivity index (χ0) is 19.0. The molecule has 7 heteroatoms. The van der Waals surface area contributed by atoms with Crippen LogP contribution >= 0.6 is 11.3 Å². The molecule has 1 amide bonds. The van der Waals surface area contributed by atoms with Crippen molar-refractivity contribution < 1.29 is 9.53 Å². The molecule has 27 heavy (non-hydrogen) atoms. The van der Waals surface area contributed by atoms with Gasteiger partial charge >= 0.3 is 0 Å². The number of morpholine rings is 1. The highest BCUT2D eigenvalue weighted by atomic mass is 32.1. The molecule has 0 bridgehead atoms. The van der Waals surface area contributed by atoms with Crippen molar-refractivity contribution in [3.8, 4) is 11.8 Å². The van der Waals surface area contributed by atoms with Crippen LogP contribution in [0.15, 0.2) is 12.5 Å². The second kappa shape index (κ2) is 7.02. The van der Waals surface area contributed by atoms with Crippen molar-refractivity contribution in [2.45, 2.75) is 20.3 Å². The minimum absolute atomic E-state index is 0.00672. The standard InChI is InChI=1S/C20H24N4O2S/c1-20(2)10-16-15(5-4-14-11-21-13-23(14)3)19(24-6-8-26-9-7-24)27-17(16)18(25)22-12-20/h11,13H,6-10,12H2,1-3H3,(H,22,25). The first-order valence-electron chi connectivity index (χ1n) is 9.19. The van der Waals surface area contributed by atoms with Gasteiger partial charge in [0.2, 0.25) is 0 Å². The van der Waals surface area contributed by atoms with Gasteiger partial charge in [-0.05, 0) is 23.3 Å². The largest absolute Gasteiger partial charge is 0.378 e. The first-order chi connectivity index (χ1) is 12.9. The van der Waals surface area contributed by atoms with Crippen LogP contribution in [0.5, 0.6) is 0 Å². The van der Waals surface area contributed by atoms with E-state index in [1.165, 1.54) is 0 Å². The van der Waals surface area contributed by atoms with Crippen molar-refractivity contribution in [3.05, 3.63) is 34.2 Å². The van der Waals surface area contributed by atoms with Crippen LogP contribution < -0.4 is 10.2 Å². The van der Waals surface area contributed by atoms with Gasteiger partial charge in [-0.3, -0.25) is 4.79 Å². The molecule has 0 spiro atoms. The summed E-state index contributed by atoms with van der Waals surface area (Å²) in [5.41, 5.74) is 2.92. The number of imidazole rings is 1. The number of ether oxygens (including phenoxy) is 1. The molecule has 0 atom stereocenters. The fourth-order valence-electron chi connectivity index (χ4n) is 3.47. The normalized spacial score (nSPS) is 18.9. The zero-order valence-corrected chi connectivity index (χ0v) is 16.8. The molecule has 1 fully saturated rings. The summed E-state index contributed by atoms with van der Waals surface area (Å²) >= 11 is 1.57. The van der Waals surface area contributed by atoms with E-state index in [-0.39, 0.29) is 11.3 Å². The van der Waals surface area contributed by atoms with E-state index in [0.29, 0.717) is 19.8 Å². The number of amides is 1. The quantitative estimate of drug-likeness (QED) is 0.765. The van der Waals surface area contributed by atoms with Gasteiger partial charge in [0.1, 0.15) is 10.7 Å². The van der Waals surface area contributed by atoms with Gasteiger partial charge in [-0.2, -0.15) is 0 Å². The van der Waals surface area contributed by atoms with Gasteiger partial charge < -0.3 is 19.5 Å². The average Bonchev–Trinajstić information content (AvgIpc) is 3.19. The molecular weight excluding hydrogens is 360 g/mol. The molecule has 1 saturated heterocycles. The van der Waals surface area contributed by atoms with E-state index in [4.69, 9.17) is 4.74 Å². The molecule has 2 aromatic rings. The first-order valence-corrected chi connectivity index (χ1v) is 10.0. The molecule has 0 aliphatic carbocycles. The lowest BCUT2D eigenvalue weighted by molar-refractivity contribution is 0.0948. The summed E-state index contributed by atoms with van der Waals surface area (Å²) in [5, 5.41) is 4.17. The number of rotatable bonds is 1. The lowest BCUT2D eigenvalue weighted by atomic mass is 9.85. The number of anilines is 1. The number of hydrogen-bond donors (Lipinski definition) is 1. The first kappa shape index (κ1) is 18.1. The summed E-state index contributed by atoms with van der Waals surface area (Å²) in [7, 11) is 1.94. The Balaban J connectivity index is 1.84. The van der Waals surface area contributed by atoms with Gasteiger partial charge in [0.15, 0.2) is 0 Å². The molecule has 2 aliphatic rings. The van der Waals surface area contributed by atoms with E-state index in [9.17, 15) is 4.79 Å². The average molecular weight is 385 g/mol. The van der Waals surface area contributed by atoms with Gasteiger partial charge in [0.25, 0.3) is 5.91 Å². The molecule has 2 aromatic heterocycles. The molecule has 0 aromatic carbocycles. The molecular formula is C20H24N4O2S. The number of thiophene rings is 1. The molecule has 0 radical (unpaired) electrons. The number of carbonyl (C=O) groups is 1. The Kier molecular flexibility index (Phi) is 4.70. The van der Waals surface area contributed by atoms with Crippen molar-refractivity contribution in [2.24, 2.45) is 12.5 Å². The molecule has 0 unspecified atom stereocenters. The van der Waals surface area contributed by atoms with E-state index < -0.39 is 0 Å². The maximum Gasteiger partial charge on any atom is 0.261 e. The smallest absolute Gasteiger partial charge is 0.261 e. The summed E-state index contributed by atoms with van der Waals surface area (Å²) < 4.78 is 7.41. The number of nitrogens with zero attached hydrogens (tertiary/aromatic N) is 3. The highest BCUT2D eigenvalue weighted by molar-refractivity contribution is 7.18. The predicted molar refractivity (Wildman–Crippen MR) is 106 cm³/mol. The summed E-state index contributed by atoms with van der Waals surface area (Å²) in [6.45, 7) is 8.10. The number of hydrogen-bond acceptors (Lipinski definition) is 5. The Morgan fingerprint density at radius 1 is 1.30 bits per heavy atom. The molecule has 4 heterocycles. The molecule has 0 saturated carbocycles. The summed E-state index contributed by atoms with van der Waals surface area (Å²) in [6.07, 6.45) is 4.35. The SMILES string of the molecule is Cn1cncc1C#Cc1c(N2CCOCC2)sc2c1CC(C)(C)CNC2=O. The Morgan fingerprint density at radius 2 is 2.07 bits per heavy atom. The molecule has 4 rings (SSSR count). The minimum Gasteiger partial charge on any atom is -0.378 e. The monoisotopic (exact) mass is 384 g/mol. The second-order valence-corrected chi connectivity index (χ2v) is 8.85. The maximum absolute atomic E-state index is 12.7. The van der Waals surface area contributed by atoms with E-state index in [1.807, 2.05) is 11.6 Å². The van der Waals surface area contributed by atoms with E-state index in [2.05, 4.69) is 40.9 Å². The fourth-order valence-corrected chi connectivity index (χ4v) is 4.71. The summed E-state index contributed by atoms with van der Waals surface area (Å²) in [5.74, 6) is 6.66. The number of fused-ring (bicyclic) bond motifs is 1. The topological polar surface area (TPSA) is 59.4 Å². The van der Waals surface area contributed by atoms with Crippen LogP contribution in [0.25, 0.3) is 0 Å². The Morgan fingerprint density at radius 3 is 2.78 bits per heavy atom. The van der Waals surface area contributed by atoms with Gasteiger partial charge in [0.05, 0.1) is 36.2 Å². The second-order valence-electron chi connectivity index (χ2n) is 7.85. The number of aryl methyl sites for hydroxylation is 1. The van der Waals surface area contributed by atoms with Crippen molar-refractivity contribution in [2.75, 3.05) is 37.7 Å². The Bertz CT molecular complexity index is 926. The number of nitrogens with one attached hydrogen (secondary N) is 1. The van der Waals surface area contributed by atoms with Crippen LogP contribution in [-0.4, -0.2) is 48.3 Å². The van der Waals surface area contributed by atoms with E-state index in [1.54, 1.807) is 23.9 Å². The number of aromatic nitrogens is 2. The molecule has 142 valence electrons. The van der Waals surface area contributed by atoms with Crippen molar-refractivity contribution in [3.63, 3.8) is 0 Å². The van der Waals surface area contributed by atoms with Gasteiger partial charge in [-0.1, -0.05) is 19.8 Å². The lowest BCUT2D eigenvalue weighted by Crippen LogP contribution is -2.36. The Hall–Kier alpha value is -2.30. The van der Waals surface area contributed by atoms with Crippen LogP contribution in [0.1, 0.15) is 40.3 Å². The van der Waals surface area contributed by atoms with Gasteiger partial charge in [0, 0.05) is 26.7 Å². The molecule has 6 nitrogen and oxygen atoms in total. The third-order valence-corrected chi connectivity index (χ3v) is 6.30. The third kappa shape index (κ3) is 3.60. The predicted octanol–water partition coefficient (Wildman–Crippen LogP) is 2.03. The van der Waals surface area contributed by atoms with Crippen LogP contribution in [0.3, 0.4) is 0 Å². The van der Waals surface area contributed by atoms with Gasteiger partial charge in [-0.25, -0.2) is 4.98 Å². The maximum atomic E-state index is 12.7. The molecule has 2 aliphatic heterocycles. The zero-order valence-electron chi connectivity index (χ0n) is 16.0. The Labute approximate surface area is 163 Å². The van der Waals surface area contributed by atoms with Crippen LogP contribution in [0.4, 0.5) is 5.00 Å². The fraction of sp³-hybridized carbons (Fsp3) is 0.500. The van der Waals surface area contributed by atoms with Crippen molar-refractivity contribution in [1.82, 2.24) is 14.9 Å². The van der Waals surface area contributed by atoms with E-state index in [0.717, 1.165) is 46.2 Å². The molecule has 1 N–H and O–H groups in total. The van der Waals surface area contributed by atoms with Gasteiger partial charge in [-0.15, -0.1) is 11.3 Å². The third-order valence-electron chi connectivity index (χ3n) is 5.01. The lowest BCUT2D eigenvalue weighted by Gasteiger charge is -2.28. The van der Waals surface area contributed by atoms with Crippen LogP contribution in [0.2, 0.25) is 0 Å². The van der Waals surface area contributed by atoms with Crippen molar-refractivity contribution >= 4 is 22.2 Å². The summed E-state index contributed by atoms with van der Waals surface area (Å²) in [6, 6.07) is 0. The minimum atomic E-state index is -0.00672. The van der Waals surface area contributed by atoms with Crippen LogP contribution in [-0.2, 0) is 18.2 Å². The van der Waals surface area contributed by atoms with Crippen molar-refractivity contribution in [1.29, 1.82) is 0 Å². The summed E-state index contributed by atoms with van der Waals surface area (Å²) in [4.78, 5) is 20.0. The van der Waals surface area contributed by atoms with Crippen LogP contribution in [0, 0.1) is 17.3 Å². The number of carbonyl (C=O) groups excluding carboxylic acids is 1.